The van der Waals surface area contributed by atoms with Crippen LogP contribution in [0.5, 0.6) is 0 Å². The third-order valence-corrected chi connectivity index (χ3v) is 6.74. The number of carbonyl (C=O) groups excluding carboxylic acids is 4. The van der Waals surface area contributed by atoms with E-state index in [0.29, 0.717) is 5.56 Å². The molecular weight excluding hydrogens is 751 g/mol. The first kappa shape index (κ1) is 48.0. The van der Waals surface area contributed by atoms with Gasteiger partial charge in [0.1, 0.15) is 12.3 Å². The van der Waals surface area contributed by atoms with Crippen molar-refractivity contribution in [3.05, 3.63) is 35.9 Å². The maximum atomic E-state index is 12.6. The quantitative estimate of drug-likeness (QED) is 0.0641. The van der Waals surface area contributed by atoms with Crippen molar-refractivity contribution in [3.8, 4) is 0 Å². The number of nitrogens with zero attached hydrogens (tertiary/aromatic N) is 4. The summed E-state index contributed by atoms with van der Waals surface area (Å²) in [6, 6.07) is 0. The number of Topliss-reactive ketones (excluding diaryl/α,β-unsaturated/α-hetero) is 2. The Morgan fingerprint density at radius 3 is 1.54 bits per heavy atom. The van der Waals surface area contributed by atoms with Crippen LogP contribution in [0.3, 0.4) is 0 Å². The van der Waals surface area contributed by atoms with Crippen LogP contribution in [-0.2, 0) is 44.4 Å². The third kappa shape index (κ3) is 17.5. The second-order valence-electron chi connectivity index (χ2n) is 12.4. The molecule has 0 fully saturated rings. The molecule has 0 aliphatic heterocycles. The predicted octanol–water partition coefficient (Wildman–Crippen LogP) is 6.14. The van der Waals surface area contributed by atoms with Gasteiger partial charge in [0.2, 0.25) is 0 Å². The van der Waals surface area contributed by atoms with E-state index in [1.165, 1.54) is 24.0 Å². The zero-order valence-corrected chi connectivity index (χ0v) is 30.0. The van der Waals surface area contributed by atoms with Crippen molar-refractivity contribution in [1.82, 2.24) is 19.6 Å². The molecule has 2 aromatic rings. The largest absolute Gasteiger partial charge is 0.523 e. The van der Waals surface area contributed by atoms with Crippen LogP contribution in [0.1, 0.15) is 88.9 Å². The number of rotatable bonds is 11. The fraction of sp³-hybridized carbons (Fsp3) is 0.655. The zero-order valence-electron chi connectivity index (χ0n) is 29.2. The summed E-state index contributed by atoms with van der Waals surface area (Å²) >= 11 is 0. The first-order valence-corrected chi connectivity index (χ1v) is 16.3. The maximum Gasteiger partial charge on any atom is 0.523 e. The van der Waals surface area contributed by atoms with Crippen LogP contribution in [0.15, 0.2) is 24.8 Å². The van der Waals surface area contributed by atoms with Gasteiger partial charge in [-0.25, -0.2) is 0 Å². The molecule has 0 amide bonds. The van der Waals surface area contributed by atoms with Gasteiger partial charge in [-0.1, -0.05) is 0 Å². The van der Waals surface area contributed by atoms with E-state index >= 15 is 0 Å². The summed E-state index contributed by atoms with van der Waals surface area (Å²) in [5.41, 5.74) is -6.05. The Kier molecular flexibility index (Phi) is 17.2. The number of carbonyl (C=O) groups is 4. The van der Waals surface area contributed by atoms with Crippen LogP contribution in [0.2, 0.25) is 0 Å². The van der Waals surface area contributed by atoms with Crippen molar-refractivity contribution in [3.63, 3.8) is 0 Å². The van der Waals surface area contributed by atoms with Crippen LogP contribution < -0.4 is 0 Å². The zero-order chi connectivity index (χ0) is 41.1. The first-order valence-electron chi connectivity index (χ1n) is 14.8. The van der Waals surface area contributed by atoms with E-state index < -0.39 is 70.2 Å². The molecule has 0 saturated heterocycles. The molecule has 2 aromatic heterocycles. The smallest absolute Gasteiger partial charge is 0.466 e. The molecule has 0 N–H and O–H groups in total. The average molecular weight is 791 g/mol. The van der Waals surface area contributed by atoms with Crippen LogP contribution in [0.4, 0.5) is 39.5 Å². The van der Waals surface area contributed by atoms with E-state index in [0.717, 1.165) is 6.20 Å². The fourth-order valence-electron chi connectivity index (χ4n) is 3.27. The highest BCUT2D eigenvalue weighted by Crippen LogP contribution is 2.29. The second-order valence-corrected chi connectivity index (χ2v) is 14.0. The molecule has 0 radical (unpaired) electrons. The van der Waals surface area contributed by atoms with Crippen molar-refractivity contribution in [2.24, 2.45) is 5.92 Å². The van der Waals surface area contributed by atoms with Crippen LogP contribution >= 0.6 is 0 Å². The van der Waals surface area contributed by atoms with Gasteiger partial charge in [-0.05, 0) is 55.4 Å². The average Bonchev–Trinajstić information content (AvgIpc) is 3.65. The molecular formula is C29H39F9N4O9S. The summed E-state index contributed by atoms with van der Waals surface area (Å²) in [6.07, 6.45) is -5.92. The van der Waals surface area contributed by atoms with E-state index in [-0.39, 0.29) is 36.5 Å². The summed E-state index contributed by atoms with van der Waals surface area (Å²) in [5.74, 6) is -4.78. The van der Waals surface area contributed by atoms with Gasteiger partial charge in [-0.15, -0.1) is 0 Å². The molecule has 13 nitrogen and oxygen atoms in total. The van der Waals surface area contributed by atoms with Gasteiger partial charge in [0.15, 0.2) is 18.2 Å². The number of hydrogen-bond acceptors (Lipinski definition) is 11. The van der Waals surface area contributed by atoms with Gasteiger partial charge in [-0.2, -0.15) is 58.1 Å². The minimum atomic E-state index is -6.15. The number of esters is 2. The Morgan fingerprint density at radius 2 is 1.17 bits per heavy atom. The molecule has 0 aliphatic rings. The van der Waals surface area contributed by atoms with Crippen LogP contribution in [0, 0.1) is 5.92 Å². The Bertz CT molecular complexity index is 1600. The molecule has 298 valence electrons. The van der Waals surface area contributed by atoms with E-state index in [4.69, 9.17) is 4.74 Å². The number of ether oxygens (including phenoxy) is 2. The lowest BCUT2D eigenvalue weighted by atomic mass is 9.96. The summed E-state index contributed by atoms with van der Waals surface area (Å²) < 4.78 is 140. The molecule has 0 bridgehead atoms. The van der Waals surface area contributed by atoms with Crippen LogP contribution in [-0.4, -0.2) is 89.2 Å². The highest BCUT2D eigenvalue weighted by Gasteiger charge is 2.49. The van der Waals surface area contributed by atoms with Gasteiger partial charge < -0.3 is 9.47 Å². The van der Waals surface area contributed by atoms with Crippen molar-refractivity contribution in [2.45, 2.75) is 97.2 Å². The predicted molar refractivity (Wildman–Crippen MR) is 162 cm³/mol. The molecule has 2 rings (SSSR count). The third-order valence-electron chi connectivity index (χ3n) is 5.74. The maximum absolute atomic E-state index is 12.6. The fourth-order valence-corrected chi connectivity index (χ4v) is 3.69. The normalized spacial score (nSPS) is 13.2. The number of halogens is 9. The highest BCUT2D eigenvalue weighted by molar-refractivity contribution is 7.87. The Labute approximate surface area is 292 Å². The van der Waals surface area contributed by atoms with Gasteiger partial charge in [0, 0.05) is 12.4 Å². The van der Waals surface area contributed by atoms with Gasteiger partial charge in [0.05, 0.1) is 54.2 Å². The highest BCUT2D eigenvalue weighted by atomic mass is 32.2. The molecule has 0 saturated carbocycles. The molecule has 1 unspecified atom stereocenters. The van der Waals surface area contributed by atoms with Crippen LogP contribution in [0.25, 0.3) is 0 Å². The standard InChI is InChI=1S/C14H19F3N2O3.C12H18N2O3.C3H2F6O3S/c1-5-22-12(21)10(6-14(15,16)17)11(20)9-7-18-19(8-9)13(2,3)4;1-5-17-11(16)6-10(15)9-7-13-14(8-9)12(2,3)4;4-2(5,6)1-12-13(10,11)3(7,8)9/h7-8,10H,5-6H2,1-4H3;7-8H,5-6H2,1-4H3;1H2. The SMILES string of the molecule is CCOC(=O)C(CC(F)(F)F)C(=O)c1cnn(C(C)(C)C)c1.CCOC(=O)CC(=O)c1cnn(C(C)(C)C)c1.O=S(=O)(OCC(F)(F)F)C(F)(F)F. The van der Waals surface area contributed by atoms with Crippen molar-refractivity contribution < 1.29 is 80.8 Å². The van der Waals surface area contributed by atoms with E-state index in [1.54, 1.807) is 17.8 Å². The minimum absolute atomic E-state index is 0.0442. The number of aromatic nitrogens is 4. The first-order chi connectivity index (χ1) is 23.3. The monoisotopic (exact) mass is 790 g/mol. The number of hydrogen-bond donors (Lipinski definition) is 0. The van der Waals surface area contributed by atoms with Crippen molar-refractivity contribution in [2.75, 3.05) is 19.8 Å². The summed E-state index contributed by atoms with van der Waals surface area (Å²) in [6.45, 7) is 12.3. The Morgan fingerprint density at radius 1 is 0.731 bits per heavy atom. The van der Waals surface area contributed by atoms with Gasteiger partial charge >= 0.3 is 39.9 Å². The molecule has 2 heterocycles. The lowest BCUT2D eigenvalue weighted by Gasteiger charge is -2.19. The van der Waals surface area contributed by atoms with Crippen molar-refractivity contribution in [1.29, 1.82) is 0 Å². The minimum Gasteiger partial charge on any atom is -0.466 e. The molecule has 1 atom stereocenters. The van der Waals surface area contributed by atoms with Gasteiger partial charge in [-0.3, -0.25) is 32.7 Å². The topological polar surface area (TPSA) is 166 Å². The molecule has 0 aliphatic carbocycles. The molecule has 0 spiro atoms. The van der Waals surface area contributed by atoms with E-state index in [2.05, 4.69) is 19.1 Å². The summed E-state index contributed by atoms with van der Waals surface area (Å²) in [5, 5.41) is 8.06. The molecule has 23 heteroatoms. The lowest BCUT2D eigenvalue weighted by molar-refractivity contribution is -0.163. The molecule has 0 aromatic carbocycles. The second kappa shape index (κ2) is 18.6. The van der Waals surface area contributed by atoms with Crippen molar-refractivity contribution >= 4 is 33.6 Å². The number of ketones is 2. The summed E-state index contributed by atoms with van der Waals surface area (Å²) in [4.78, 5) is 46.8. The molecule has 52 heavy (non-hydrogen) atoms. The van der Waals surface area contributed by atoms with E-state index in [9.17, 15) is 67.1 Å². The van der Waals surface area contributed by atoms with E-state index in [1.807, 2.05) is 41.5 Å². The number of alkyl halides is 9. The van der Waals surface area contributed by atoms with Gasteiger partial charge in [0.25, 0.3) is 0 Å². The summed E-state index contributed by atoms with van der Waals surface area (Å²) in [7, 11) is -6.15. The Balaban J connectivity index is 0.000000779. The lowest BCUT2D eigenvalue weighted by Crippen LogP contribution is -2.31. The Hall–Kier alpha value is -4.02.